The van der Waals surface area contributed by atoms with E-state index < -0.39 is 47.9 Å². The molecule has 46 heavy (non-hydrogen) atoms. The molecule has 2 heterocycles. The number of aliphatic carboxylic acids is 1. The van der Waals surface area contributed by atoms with Gasteiger partial charge in [0.15, 0.2) is 11.5 Å². The largest absolute Gasteiger partial charge is 0.481 e. The Morgan fingerprint density at radius 3 is 2.39 bits per heavy atom. The van der Waals surface area contributed by atoms with Gasteiger partial charge in [-0.05, 0) is 53.6 Å². The van der Waals surface area contributed by atoms with Gasteiger partial charge in [0.1, 0.15) is 11.6 Å². The minimum absolute atomic E-state index is 0.0337. The van der Waals surface area contributed by atoms with E-state index >= 15 is 0 Å². The normalized spacial score (nSPS) is 18.8. The molecule has 2 aliphatic heterocycles. The average molecular weight is 628 g/mol. The summed E-state index contributed by atoms with van der Waals surface area (Å²) in [5, 5.41) is 16.1. The van der Waals surface area contributed by atoms with Crippen molar-refractivity contribution in [2.24, 2.45) is 16.9 Å². The molecule has 1 fully saturated rings. The topological polar surface area (TPSA) is 164 Å². The van der Waals surface area contributed by atoms with Crippen molar-refractivity contribution in [1.29, 1.82) is 0 Å². The van der Waals surface area contributed by atoms with Crippen LogP contribution in [0.5, 0.6) is 11.5 Å². The third kappa shape index (κ3) is 6.37. The van der Waals surface area contributed by atoms with Crippen LogP contribution in [0.2, 0.25) is 0 Å². The van der Waals surface area contributed by atoms with Gasteiger partial charge in [-0.3, -0.25) is 14.4 Å². The average Bonchev–Trinajstić information content (AvgIpc) is 3.57. The lowest BCUT2D eigenvalue weighted by atomic mass is 9.88. The van der Waals surface area contributed by atoms with Gasteiger partial charge in [0.05, 0.1) is 18.7 Å². The van der Waals surface area contributed by atoms with Gasteiger partial charge in [0, 0.05) is 6.54 Å². The van der Waals surface area contributed by atoms with E-state index in [1.165, 1.54) is 11.1 Å². The van der Waals surface area contributed by atoms with E-state index in [1.807, 2.05) is 44.2 Å². The summed E-state index contributed by atoms with van der Waals surface area (Å²) in [5.41, 5.74) is 1.09. The molecular formula is C34H37N5O7. The molecule has 0 unspecified atom stereocenters. The fourth-order valence-electron chi connectivity index (χ4n) is 5.88. The number of amides is 4. The number of ether oxygens (including phenoxy) is 2. The molecule has 0 bridgehead atoms. The summed E-state index contributed by atoms with van der Waals surface area (Å²) in [6.45, 7) is 5.59. The number of hydrogen-bond donors (Lipinski definition) is 3. The Labute approximate surface area is 266 Å². The van der Waals surface area contributed by atoms with Crippen molar-refractivity contribution in [2.75, 3.05) is 6.79 Å². The maximum atomic E-state index is 14.6. The van der Waals surface area contributed by atoms with Gasteiger partial charge in [-0.2, -0.15) is 5.10 Å². The highest BCUT2D eigenvalue weighted by atomic mass is 16.7. The molecule has 3 aromatic carbocycles. The quantitative estimate of drug-likeness (QED) is 0.117. The fraction of sp³-hybridized carbons (Fsp3) is 0.324. The lowest BCUT2D eigenvalue weighted by Crippen LogP contribution is -2.52. The first-order chi connectivity index (χ1) is 22.0. The molecule has 5 rings (SSSR count). The van der Waals surface area contributed by atoms with Crippen LogP contribution in [0.15, 0.2) is 77.9 Å². The van der Waals surface area contributed by atoms with Crippen LogP contribution in [0.1, 0.15) is 61.9 Å². The molecule has 2 aliphatic rings. The van der Waals surface area contributed by atoms with Crippen LogP contribution in [0.4, 0.5) is 4.79 Å². The van der Waals surface area contributed by atoms with Gasteiger partial charge >= 0.3 is 12.0 Å². The molecule has 0 radical (unpaired) electrons. The fourth-order valence-corrected chi connectivity index (χ4v) is 5.88. The summed E-state index contributed by atoms with van der Waals surface area (Å²) >= 11 is 0. The molecule has 4 amide bonds. The monoisotopic (exact) mass is 627 g/mol. The van der Waals surface area contributed by atoms with Crippen molar-refractivity contribution in [3.8, 4) is 11.5 Å². The van der Waals surface area contributed by atoms with Gasteiger partial charge in [-0.25, -0.2) is 9.69 Å². The van der Waals surface area contributed by atoms with Crippen LogP contribution in [0, 0.1) is 5.92 Å². The highest BCUT2D eigenvalue weighted by Gasteiger charge is 2.58. The van der Waals surface area contributed by atoms with Crippen LogP contribution in [-0.2, 0) is 26.5 Å². The molecule has 12 heteroatoms. The summed E-state index contributed by atoms with van der Waals surface area (Å²) < 4.78 is 10.8. The number of carbonyl (C=O) groups is 4. The maximum absolute atomic E-state index is 14.6. The Balaban J connectivity index is 1.52. The van der Waals surface area contributed by atoms with Crippen LogP contribution in [-0.4, -0.2) is 57.8 Å². The van der Waals surface area contributed by atoms with Crippen molar-refractivity contribution in [1.82, 2.24) is 15.1 Å². The zero-order valence-corrected chi connectivity index (χ0v) is 25.9. The molecule has 0 aliphatic carbocycles. The van der Waals surface area contributed by atoms with Gasteiger partial charge in [-0.1, -0.05) is 74.5 Å². The second-order valence-electron chi connectivity index (χ2n) is 11.9. The lowest BCUT2D eigenvalue weighted by molar-refractivity contribution is -0.141. The maximum Gasteiger partial charge on any atom is 0.329 e. The number of nitrogens with two attached hydrogens (primary N) is 1. The summed E-state index contributed by atoms with van der Waals surface area (Å²) in [6.07, 6.45) is 1.20. The van der Waals surface area contributed by atoms with Crippen LogP contribution >= 0.6 is 0 Å². The number of fused-ring (bicyclic) bond motifs is 1. The highest BCUT2D eigenvalue weighted by molar-refractivity contribution is 6.10. The highest BCUT2D eigenvalue weighted by Crippen LogP contribution is 2.41. The van der Waals surface area contributed by atoms with Crippen LogP contribution < -0.4 is 20.6 Å². The van der Waals surface area contributed by atoms with E-state index in [2.05, 4.69) is 10.4 Å². The van der Waals surface area contributed by atoms with Gasteiger partial charge in [-0.15, -0.1) is 0 Å². The molecule has 3 atom stereocenters. The van der Waals surface area contributed by atoms with Crippen molar-refractivity contribution in [3.63, 3.8) is 0 Å². The number of benzene rings is 3. The number of rotatable bonds is 12. The van der Waals surface area contributed by atoms with Crippen molar-refractivity contribution >= 4 is 30.0 Å². The Morgan fingerprint density at radius 1 is 1.04 bits per heavy atom. The first-order valence-corrected chi connectivity index (χ1v) is 15.0. The first-order valence-electron chi connectivity index (χ1n) is 15.0. The van der Waals surface area contributed by atoms with Gasteiger partial charge in [0.25, 0.3) is 5.91 Å². The van der Waals surface area contributed by atoms with E-state index in [1.54, 1.807) is 49.4 Å². The SMILES string of the molecule is CC(C)C[C@H](C(=O)N[C@H](CC(=O)O)c1ccc2c(c1)OCO2)N1C(=O)N(Cc2ccccc2)[C@@](C)(c2ccc(C=NN)cc2)C1=O. The Bertz CT molecular complexity index is 1640. The zero-order valence-electron chi connectivity index (χ0n) is 25.9. The standard InChI is InChI=1S/C34H37N5O7/c1-21(2)15-27(31(42)37-26(17-30(40)41)24-11-14-28-29(16-24)46-20-45-28)39-32(43)34(3,25-12-9-22(10-13-25)18-36-35)38(33(39)44)19-23-7-5-4-6-8-23/h4-14,16,18,21,26-27H,15,17,19-20,35H2,1-3H3,(H,37,42)(H,40,41)/t26-,27-,34+/m1/s1. The number of carboxylic acid groups (broad SMARTS) is 1. The molecule has 0 aromatic heterocycles. The molecule has 1 saturated heterocycles. The van der Waals surface area contributed by atoms with Crippen LogP contribution in [0.25, 0.3) is 0 Å². The van der Waals surface area contributed by atoms with E-state index in [4.69, 9.17) is 15.3 Å². The first kappa shape index (κ1) is 32.0. The molecule has 240 valence electrons. The number of nitrogens with zero attached hydrogens (tertiary/aromatic N) is 3. The number of carbonyl (C=O) groups excluding carboxylic acids is 3. The van der Waals surface area contributed by atoms with E-state index in [0.29, 0.717) is 28.2 Å². The molecule has 4 N–H and O–H groups in total. The predicted molar refractivity (Wildman–Crippen MR) is 169 cm³/mol. The molecule has 12 nitrogen and oxygen atoms in total. The third-order valence-electron chi connectivity index (χ3n) is 8.30. The summed E-state index contributed by atoms with van der Waals surface area (Å²) in [6, 6.07) is 18.4. The molecule has 3 aromatic rings. The Hall–Kier alpha value is -5.39. The number of nitrogens with one attached hydrogen (secondary N) is 1. The molecular weight excluding hydrogens is 590 g/mol. The summed E-state index contributed by atoms with van der Waals surface area (Å²) in [7, 11) is 0. The van der Waals surface area contributed by atoms with Gasteiger partial charge < -0.3 is 30.6 Å². The predicted octanol–water partition coefficient (Wildman–Crippen LogP) is 4.13. The van der Waals surface area contributed by atoms with Gasteiger partial charge in [0.2, 0.25) is 12.7 Å². The number of hydrazone groups is 1. The minimum Gasteiger partial charge on any atom is -0.481 e. The second kappa shape index (κ2) is 13.3. The van der Waals surface area contributed by atoms with Crippen molar-refractivity contribution in [2.45, 2.75) is 57.8 Å². The molecule has 0 spiro atoms. The van der Waals surface area contributed by atoms with E-state index in [-0.39, 0.29) is 25.7 Å². The van der Waals surface area contributed by atoms with E-state index in [0.717, 1.165) is 10.5 Å². The molecule has 0 saturated carbocycles. The second-order valence-corrected chi connectivity index (χ2v) is 11.9. The van der Waals surface area contributed by atoms with Crippen molar-refractivity contribution in [3.05, 3.63) is 95.1 Å². The number of carboxylic acids is 1. The van der Waals surface area contributed by atoms with Crippen LogP contribution in [0.3, 0.4) is 0 Å². The smallest absolute Gasteiger partial charge is 0.329 e. The third-order valence-corrected chi connectivity index (χ3v) is 8.30. The zero-order chi connectivity index (χ0) is 33.0. The Kier molecular flexibility index (Phi) is 9.26. The minimum atomic E-state index is -1.46. The number of urea groups is 1. The number of hydrogen-bond acceptors (Lipinski definition) is 8. The lowest BCUT2D eigenvalue weighted by Gasteiger charge is -2.32. The van der Waals surface area contributed by atoms with E-state index in [9.17, 15) is 24.3 Å². The Morgan fingerprint density at radius 2 is 1.74 bits per heavy atom. The number of imide groups is 1. The van der Waals surface area contributed by atoms with Crippen molar-refractivity contribution < 1.29 is 33.8 Å². The summed E-state index contributed by atoms with van der Waals surface area (Å²) in [4.78, 5) is 57.4. The summed E-state index contributed by atoms with van der Waals surface area (Å²) in [5.74, 6) is 3.82.